The van der Waals surface area contributed by atoms with E-state index in [-0.39, 0.29) is 192 Å². The molecule has 0 bridgehead atoms. The monoisotopic (exact) mass is 1180 g/mol. The SMILES string of the molecule is COc1cc(N=Nc2cc(S(=O)(=O)[O-])cc3cc(S(=O)(=O)[O-])cc([O-])c23)c(C)cc1N=c1[nH]c(Nc2ccc3c(c2)C=C(S(=O)(=O)O)/C(=N\Nc2cc(S(=O)(=O)[O-])ccc2OC)C3=O)nc(=Nc2ccccc2)[nH]1.[Na+].[Na+].[Na+].[Na+]. The summed E-state index contributed by atoms with van der Waals surface area (Å²) in [6.07, 6.45) is 0.968. The first kappa shape index (κ1) is 66.0. The van der Waals surface area contributed by atoms with E-state index in [4.69, 9.17) is 9.47 Å². The van der Waals surface area contributed by atoms with Gasteiger partial charge in [0.1, 0.15) is 52.4 Å². The van der Waals surface area contributed by atoms with Gasteiger partial charge < -0.3 is 33.6 Å². The molecule has 0 amide bonds. The first-order valence-electron chi connectivity index (χ1n) is 20.6. The molecule has 5 N–H and O–H groups in total. The Bertz CT molecular complexity index is 4240. The van der Waals surface area contributed by atoms with E-state index in [0.29, 0.717) is 17.3 Å². The molecule has 0 radical (unpaired) electrons. The summed E-state index contributed by atoms with van der Waals surface area (Å²) in [5.74, 6) is -1.97. The Hall–Kier alpha value is -4.49. The van der Waals surface area contributed by atoms with Crippen LogP contribution in [0.15, 0.2) is 148 Å². The summed E-state index contributed by atoms with van der Waals surface area (Å²) in [5.41, 5.74) is 2.12. The molecular weight excluding hydrogens is 1140 g/mol. The molecule has 6 aromatic carbocycles. The van der Waals surface area contributed by atoms with Crippen molar-refractivity contribution in [2.24, 2.45) is 25.3 Å². The van der Waals surface area contributed by atoms with Gasteiger partial charge in [0.25, 0.3) is 10.1 Å². The molecule has 0 atom stereocenters. The van der Waals surface area contributed by atoms with Crippen molar-refractivity contribution < 1.29 is 189 Å². The van der Waals surface area contributed by atoms with Gasteiger partial charge >= 0.3 is 118 Å². The van der Waals surface area contributed by atoms with Crippen LogP contribution in [-0.4, -0.2) is 92.5 Å². The molecular formula is C44H32N10Na4O16S4. The van der Waals surface area contributed by atoms with Crippen LogP contribution in [0.3, 0.4) is 0 Å². The second-order valence-electron chi connectivity index (χ2n) is 15.5. The van der Waals surface area contributed by atoms with E-state index in [0.717, 1.165) is 42.5 Å². The number of nitrogens with one attached hydrogen (secondary N) is 4. The number of nitrogens with zero attached hydrogens (tertiary/aromatic N) is 6. The van der Waals surface area contributed by atoms with Gasteiger partial charge in [-0.1, -0.05) is 30.0 Å². The third-order valence-corrected chi connectivity index (χ3v) is 13.8. The third-order valence-electron chi connectivity index (χ3n) is 10.5. The number of Topliss-reactive ketones (excluding diaryl/α,β-unsaturated/α-hetero) is 1. The minimum Gasteiger partial charge on any atom is -0.872 e. The van der Waals surface area contributed by atoms with Crippen molar-refractivity contribution in [1.82, 2.24) is 15.0 Å². The summed E-state index contributed by atoms with van der Waals surface area (Å²) in [6.45, 7) is 1.59. The molecule has 34 heteroatoms. The largest absolute Gasteiger partial charge is 1.00 e. The number of carbonyl (C=O) groups excluding carboxylic acids is 1. The number of methoxy groups -OCH3 is 2. The Balaban J connectivity index is 0.00000328. The second kappa shape index (κ2) is 26.4. The molecule has 0 unspecified atom stereocenters. The molecule has 0 saturated heterocycles. The van der Waals surface area contributed by atoms with Crippen molar-refractivity contribution in [2.75, 3.05) is 25.0 Å². The van der Waals surface area contributed by atoms with Crippen molar-refractivity contribution in [3.05, 3.63) is 136 Å². The summed E-state index contributed by atoms with van der Waals surface area (Å²) in [4.78, 5) is 30.0. The van der Waals surface area contributed by atoms with Gasteiger partial charge in [-0.15, -0.1) is 5.11 Å². The second-order valence-corrected chi connectivity index (χ2v) is 21.0. The van der Waals surface area contributed by atoms with Gasteiger partial charge in [-0.25, -0.2) is 35.2 Å². The quantitative estimate of drug-likeness (QED) is 0.0292. The average Bonchev–Trinajstić information content (AvgIpc) is 3.33. The molecule has 0 saturated carbocycles. The molecule has 26 nitrogen and oxygen atoms in total. The number of rotatable bonds is 14. The Kier molecular flexibility index (Phi) is 22.3. The molecule has 8 rings (SSSR count). The number of allylic oxidation sites excluding steroid dienone is 1. The molecule has 1 aliphatic carbocycles. The molecule has 1 aliphatic rings. The number of hydrogen-bond donors (Lipinski definition) is 5. The molecule has 382 valence electrons. The normalized spacial score (nSPS) is 13.6. The predicted octanol–water partition coefficient (Wildman–Crippen LogP) is -7.46. The van der Waals surface area contributed by atoms with Crippen molar-refractivity contribution in [3.63, 3.8) is 0 Å². The van der Waals surface area contributed by atoms with E-state index in [1.54, 1.807) is 37.3 Å². The van der Waals surface area contributed by atoms with Crippen molar-refractivity contribution in [3.8, 4) is 17.2 Å². The van der Waals surface area contributed by atoms with Crippen LogP contribution in [0.4, 0.5) is 40.1 Å². The molecule has 7 aromatic rings. The van der Waals surface area contributed by atoms with Crippen LogP contribution in [-0.2, 0) is 40.5 Å². The molecule has 0 spiro atoms. The van der Waals surface area contributed by atoms with Crippen molar-refractivity contribution in [1.29, 1.82) is 0 Å². The number of benzene rings is 6. The number of aromatic amines is 2. The standard InChI is InChI=1S/C44H36N10O16S4.4Na/c1-22-13-32(37(70-3)21-31(22)51-53-34-19-28(72(60,61)62)15-24-16-29(73(63,64)65)20-35(55)39(24)34)47-44-49-42(45-25-7-5-4-6-8-25)48-43(50-44)46-26-9-11-30-23(14-26)17-38(74(66,67)68)40(41(30)56)54-52-33-18-27(71(57,58)59)10-12-36(33)69-2;;;;/h4-21,52,55H,1-3H3,(H,57,58,59)(H,60,61,62)(H,63,64,65)(H,66,67,68)(H3,45,46,47,48,49,50);;;;/q;4*+1/p-4/b53-51?,54-40+;;;;. The van der Waals surface area contributed by atoms with E-state index in [1.165, 1.54) is 44.6 Å². The van der Waals surface area contributed by atoms with Crippen LogP contribution in [0.2, 0.25) is 0 Å². The van der Waals surface area contributed by atoms with Gasteiger partial charge in [-0.05, 0) is 102 Å². The fourth-order valence-electron chi connectivity index (χ4n) is 7.12. The van der Waals surface area contributed by atoms with E-state index >= 15 is 0 Å². The molecule has 78 heavy (non-hydrogen) atoms. The van der Waals surface area contributed by atoms with Gasteiger partial charge in [0, 0.05) is 22.7 Å². The molecule has 0 aliphatic heterocycles. The number of anilines is 3. The number of carbonyl (C=O) groups is 1. The Labute approximate surface area is 531 Å². The van der Waals surface area contributed by atoms with Crippen molar-refractivity contribution in [2.45, 2.75) is 21.6 Å². The first-order valence-corrected chi connectivity index (χ1v) is 26.2. The smallest absolute Gasteiger partial charge is 0.872 e. The molecule has 1 aromatic heterocycles. The number of ketones is 1. The molecule has 0 fully saturated rings. The van der Waals surface area contributed by atoms with Gasteiger partial charge in [0.15, 0.2) is 5.71 Å². The Morgan fingerprint density at radius 1 is 0.667 bits per heavy atom. The van der Waals surface area contributed by atoms with Gasteiger partial charge in [-0.3, -0.25) is 24.7 Å². The van der Waals surface area contributed by atoms with E-state index in [1.807, 2.05) is 0 Å². The Morgan fingerprint density at radius 3 is 1.91 bits per heavy atom. The number of aromatic nitrogens is 3. The van der Waals surface area contributed by atoms with Gasteiger partial charge in [0.2, 0.25) is 23.0 Å². The van der Waals surface area contributed by atoms with E-state index < -0.39 is 83.0 Å². The third kappa shape index (κ3) is 15.5. The summed E-state index contributed by atoms with van der Waals surface area (Å²) in [6, 6.07) is 21.4. The number of azo groups is 1. The minimum absolute atomic E-state index is 0. The van der Waals surface area contributed by atoms with E-state index in [9.17, 15) is 61.8 Å². The number of hydrazone groups is 1. The first-order chi connectivity index (χ1) is 34.8. The van der Waals surface area contributed by atoms with Crippen LogP contribution < -0.4 is 155 Å². The zero-order valence-electron chi connectivity index (χ0n) is 41.8. The van der Waals surface area contributed by atoms with Crippen LogP contribution in [0, 0.1) is 6.92 Å². The fourth-order valence-corrected chi connectivity index (χ4v) is 9.33. The van der Waals surface area contributed by atoms with E-state index in [2.05, 4.69) is 51.0 Å². The van der Waals surface area contributed by atoms with Crippen LogP contribution in [0.25, 0.3) is 16.8 Å². The maximum Gasteiger partial charge on any atom is 1.00 e. The number of aryl methyl sites for hydroxylation is 1. The summed E-state index contributed by atoms with van der Waals surface area (Å²) in [7, 11) is -17.9. The summed E-state index contributed by atoms with van der Waals surface area (Å²) >= 11 is 0. The topological polar surface area (TPSA) is 415 Å². The maximum atomic E-state index is 13.8. The number of ether oxygens (including phenoxy) is 2. The molecule has 1 heterocycles. The summed E-state index contributed by atoms with van der Waals surface area (Å²) < 4.78 is 153. The van der Waals surface area contributed by atoms with Gasteiger partial charge in [0.05, 0.1) is 51.7 Å². The van der Waals surface area contributed by atoms with Crippen LogP contribution in [0.1, 0.15) is 21.5 Å². The predicted molar refractivity (Wildman–Crippen MR) is 257 cm³/mol. The zero-order valence-corrected chi connectivity index (χ0v) is 53.0. The number of para-hydroxylation sites is 1. The maximum absolute atomic E-state index is 13.8. The van der Waals surface area contributed by atoms with Gasteiger partial charge in [-0.2, -0.15) is 23.6 Å². The number of H-pyrrole nitrogens is 2. The zero-order chi connectivity index (χ0) is 53.5. The summed E-state index contributed by atoms with van der Waals surface area (Å²) in [5, 5.41) is 27.4. The van der Waals surface area contributed by atoms with Crippen LogP contribution in [0.5, 0.6) is 17.2 Å². The number of fused-ring (bicyclic) bond motifs is 2. The number of hydrogen-bond acceptors (Lipinski definition) is 23. The Morgan fingerprint density at radius 2 is 1.29 bits per heavy atom. The van der Waals surface area contributed by atoms with Crippen molar-refractivity contribution >= 4 is 109 Å². The fraction of sp³-hybridized carbons (Fsp3) is 0.0682. The van der Waals surface area contributed by atoms with Crippen LogP contribution >= 0.6 is 0 Å². The average molecular weight is 1180 g/mol. The minimum atomic E-state index is -5.19.